The zero-order valence-corrected chi connectivity index (χ0v) is 3.41. The zero-order valence-electron chi connectivity index (χ0n) is 3.41. The number of hydrogen-bond donors (Lipinski definition) is 0. The van der Waals surface area contributed by atoms with Crippen LogP contribution >= 0.6 is 0 Å². The van der Waals surface area contributed by atoms with Gasteiger partial charge in [-0.2, -0.15) is 4.39 Å². The fourth-order valence-corrected chi connectivity index (χ4v) is 0.139. The maximum absolute atomic E-state index is 11.0. The van der Waals surface area contributed by atoms with Crippen molar-refractivity contribution in [3.63, 3.8) is 0 Å². The van der Waals surface area contributed by atoms with Crippen molar-refractivity contribution in [3.05, 3.63) is 6.92 Å². The van der Waals surface area contributed by atoms with Gasteiger partial charge in [0.25, 0.3) is 0 Å². The quantitative estimate of drug-likeness (QED) is 0.463. The van der Waals surface area contributed by atoms with Crippen molar-refractivity contribution in [1.29, 1.82) is 0 Å². The lowest BCUT2D eigenvalue weighted by Crippen LogP contribution is -1.82. The first-order valence-corrected chi connectivity index (χ1v) is 1.75. The molecule has 0 heterocycles. The van der Waals surface area contributed by atoms with Crippen LogP contribution in [0.2, 0.25) is 0 Å². The van der Waals surface area contributed by atoms with Crippen molar-refractivity contribution >= 4 is 6.04 Å². The van der Waals surface area contributed by atoms with E-state index in [9.17, 15) is 9.18 Å². The molecule has 0 aromatic heterocycles. The molecule has 0 bridgehead atoms. The van der Waals surface area contributed by atoms with Crippen LogP contribution in [0.1, 0.15) is 12.8 Å². The lowest BCUT2D eigenvalue weighted by molar-refractivity contribution is -0.129. The highest BCUT2D eigenvalue weighted by Gasteiger charge is 1.89. The van der Waals surface area contributed by atoms with Gasteiger partial charge < -0.3 is 0 Å². The summed E-state index contributed by atoms with van der Waals surface area (Å²) in [7, 11) is 0. The van der Waals surface area contributed by atoms with E-state index in [0.717, 1.165) is 0 Å². The van der Waals surface area contributed by atoms with Crippen LogP contribution in [0.3, 0.4) is 0 Å². The average molecular weight is 89.1 g/mol. The molecule has 0 aliphatic heterocycles. The molecule has 0 aliphatic rings. The third-order valence-corrected chi connectivity index (χ3v) is 0.373. The van der Waals surface area contributed by atoms with Crippen molar-refractivity contribution in [3.8, 4) is 0 Å². The van der Waals surface area contributed by atoms with Gasteiger partial charge in [0.05, 0.1) is 0 Å². The second-order valence-electron chi connectivity index (χ2n) is 0.959. The van der Waals surface area contributed by atoms with Crippen LogP contribution in [-0.2, 0) is 4.79 Å². The molecule has 0 rings (SSSR count). The van der Waals surface area contributed by atoms with E-state index in [1.807, 2.05) is 0 Å². The molecule has 35 valence electrons. The molecule has 0 aliphatic carbocycles. The minimum absolute atomic E-state index is 0.0417. The highest BCUT2D eigenvalue weighted by atomic mass is 19.1. The Kier molecular flexibility index (Phi) is 2.63. The predicted octanol–water partition coefficient (Wildman–Crippen LogP) is 1.10. The monoisotopic (exact) mass is 89.0 g/mol. The molecule has 0 spiro atoms. The lowest BCUT2D eigenvalue weighted by Gasteiger charge is -1.76. The first kappa shape index (κ1) is 5.60. The van der Waals surface area contributed by atoms with Crippen molar-refractivity contribution in [2.45, 2.75) is 12.8 Å². The Labute approximate surface area is 36.2 Å². The number of carbonyl (C=O) groups excluding carboxylic acids is 1. The Morgan fingerprint density at radius 3 is 2.33 bits per heavy atom. The molecule has 0 amide bonds. The summed E-state index contributed by atoms with van der Waals surface area (Å²) in [6.07, 6.45) is 0.315. The summed E-state index contributed by atoms with van der Waals surface area (Å²) in [5, 5.41) is 0. The van der Waals surface area contributed by atoms with Crippen molar-refractivity contribution in [1.82, 2.24) is 0 Å². The van der Waals surface area contributed by atoms with E-state index in [1.54, 1.807) is 0 Å². The van der Waals surface area contributed by atoms with E-state index >= 15 is 0 Å². The Morgan fingerprint density at radius 1 is 1.83 bits per heavy atom. The maximum atomic E-state index is 11.0. The molecule has 0 saturated heterocycles. The van der Waals surface area contributed by atoms with E-state index in [0.29, 0.717) is 6.42 Å². The largest absolute Gasteiger partial charge is 0.301 e. The summed E-state index contributed by atoms with van der Waals surface area (Å²) in [6, 6.07) is -1.27. The predicted molar refractivity (Wildman–Crippen MR) is 20.7 cm³/mol. The Balaban J connectivity index is 2.83. The summed E-state index contributed by atoms with van der Waals surface area (Å²) in [6.45, 7) is 3.26. The topological polar surface area (TPSA) is 17.1 Å². The molecule has 0 N–H and O–H groups in total. The number of hydrogen-bond acceptors (Lipinski definition) is 1. The SMILES string of the molecule is [CH2]CCC(=O)F. The molecule has 0 unspecified atom stereocenters. The third kappa shape index (κ3) is 3.60. The van der Waals surface area contributed by atoms with Gasteiger partial charge >= 0.3 is 6.04 Å². The number of carbonyl (C=O) groups is 1. The van der Waals surface area contributed by atoms with Crippen molar-refractivity contribution < 1.29 is 9.18 Å². The van der Waals surface area contributed by atoms with Gasteiger partial charge in [-0.25, -0.2) is 0 Å². The average Bonchev–Trinajstić information content (AvgIpc) is 1.35. The molecule has 0 aromatic rings. The molecular weight excluding hydrogens is 83.0 g/mol. The van der Waals surface area contributed by atoms with Crippen LogP contribution in [0.25, 0.3) is 0 Å². The Hall–Kier alpha value is -0.400. The number of rotatable bonds is 2. The van der Waals surface area contributed by atoms with Gasteiger partial charge in [-0.15, -0.1) is 0 Å². The molecule has 0 fully saturated rings. The molecule has 1 radical (unpaired) electrons. The molecule has 2 heteroatoms. The summed E-state index contributed by atoms with van der Waals surface area (Å²) in [5.41, 5.74) is 0. The van der Waals surface area contributed by atoms with Crippen molar-refractivity contribution in [2.75, 3.05) is 0 Å². The highest BCUT2D eigenvalue weighted by Crippen LogP contribution is 1.86. The smallest absolute Gasteiger partial charge is 0.261 e. The second kappa shape index (κ2) is 2.82. The van der Waals surface area contributed by atoms with E-state index in [4.69, 9.17) is 0 Å². The molecule has 0 saturated carbocycles. The maximum Gasteiger partial charge on any atom is 0.301 e. The molecule has 0 atom stereocenters. The van der Waals surface area contributed by atoms with Crippen LogP contribution in [0.4, 0.5) is 4.39 Å². The second-order valence-corrected chi connectivity index (χ2v) is 0.959. The van der Waals surface area contributed by atoms with E-state index in [2.05, 4.69) is 6.92 Å². The fraction of sp³-hybridized carbons (Fsp3) is 0.500. The minimum Gasteiger partial charge on any atom is -0.261 e. The molecule has 0 aromatic carbocycles. The summed E-state index contributed by atoms with van der Waals surface area (Å²) in [4.78, 5) is 9.34. The highest BCUT2D eigenvalue weighted by molar-refractivity contribution is 5.67. The van der Waals surface area contributed by atoms with Gasteiger partial charge in [0.2, 0.25) is 0 Å². The normalized spacial score (nSPS) is 8.33. The van der Waals surface area contributed by atoms with Gasteiger partial charge in [0.15, 0.2) is 0 Å². The Morgan fingerprint density at radius 2 is 2.33 bits per heavy atom. The Bertz CT molecular complexity index is 51.5. The van der Waals surface area contributed by atoms with Crippen LogP contribution < -0.4 is 0 Å². The van der Waals surface area contributed by atoms with Gasteiger partial charge in [-0.3, -0.25) is 4.79 Å². The number of halogens is 1. The van der Waals surface area contributed by atoms with Crippen LogP contribution in [0, 0.1) is 6.92 Å². The standard InChI is InChI=1S/C4H6FO/c1-2-3-4(5)6/h1-3H2. The third-order valence-electron chi connectivity index (χ3n) is 0.373. The van der Waals surface area contributed by atoms with Crippen LogP contribution in [0.15, 0.2) is 0 Å². The lowest BCUT2D eigenvalue weighted by atomic mass is 10.4. The fourth-order valence-electron chi connectivity index (χ4n) is 0.139. The van der Waals surface area contributed by atoms with E-state index < -0.39 is 6.04 Å². The van der Waals surface area contributed by atoms with Gasteiger partial charge in [0.1, 0.15) is 0 Å². The van der Waals surface area contributed by atoms with E-state index in [-0.39, 0.29) is 6.42 Å². The first-order valence-electron chi connectivity index (χ1n) is 1.75. The molecule has 1 nitrogen and oxygen atoms in total. The van der Waals surface area contributed by atoms with E-state index in [1.165, 1.54) is 0 Å². The first-order chi connectivity index (χ1) is 2.77. The van der Waals surface area contributed by atoms with Gasteiger partial charge in [-0.05, 0) is 6.42 Å². The summed E-state index contributed by atoms with van der Waals surface area (Å²) in [5.74, 6) is 0. The molecule has 6 heavy (non-hydrogen) atoms. The van der Waals surface area contributed by atoms with Gasteiger partial charge in [0, 0.05) is 6.42 Å². The van der Waals surface area contributed by atoms with Crippen LogP contribution in [-0.4, -0.2) is 6.04 Å². The summed E-state index contributed by atoms with van der Waals surface area (Å²) >= 11 is 0. The van der Waals surface area contributed by atoms with Crippen LogP contribution in [0.5, 0.6) is 0 Å². The zero-order chi connectivity index (χ0) is 4.99. The summed E-state index contributed by atoms with van der Waals surface area (Å²) < 4.78 is 11.0. The molecular formula is C4H6FO. The minimum atomic E-state index is -1.27. The van der Waals surface area contributed by atoms with Crippen molar-refractivity contribution in [2.24, 2.45) is 0 Å². The van der Waals surface area contributed by atoms with Gasteiger partial charge in [-0.1, -0.05) is 6.92 Å².